The second-order valence-electron chi connectivity index (χ2n) is 10.1. The van der Waals surface area contributed by atoms with Crippen LogP contribution in [0.25, 0.3) is 0 Å². The van der Waals surface area contributed by atoms with Crippen LogP contribution in [0, 0.1) is 11.2 Å². The van der Waals surface area contributed by atoms with Gasteiger partial charge in [0.25, 0.3) is 0 Å². The number of rotatable bonds is 9. The van der Waals surface area contributed by atoms with Crippen LogP contribution in [0.4, 0.5) is 10.1 Å². The van der Waals surface area contributed by atoms with Crippen LogP contribution in [0.3, 0.4) is 0 Å². The van der Waals surface area contributed by atoms with Crippen LogP contribution in [0.5, 0.6) is 0 Å². The van der Waals surface area contributed by atoms with Crippen LogP contribution in [-0.2, 0) is 9.59 Å². The Hall–Kier alpha value is -2.19. The molecule has 6 nitrogen and oxygen atoms in total. The van der Waals surface area contributed by atoms with Gasteiger partial charge in [0.1, 0.15) is 5.82 Å². The lowest BCUT2D eigenvalue weighted by atomic mass is 9.83. The average Bonchev–Trinajstić information content (AvgIpc) is 3.41. The van der Waals surface area contributed by atoms with Crippen molar-refractivity contribution in [3.63, 3.8) is 0 Å². The van der Waals surface area contributed by atoms with E-state index in [0.29, 0.717) is 42.0 Å². The Morgan fingerprint density at radius 1 is 0.975 bits per heavy atom. The van der Waals surface area contributed by atoms with Gasteiger partial charge in [-0.3, -0.25) is 9.59 Å². The van der Waals surface area contributed by atoms with Gasteiger partial charge < -0.3 is 21.7 Å². The van der Waals surface area contributed by atoms with Gasteiger partial charge in [-0.25, -0.2) is 4.39 Å². The van der Waals surface area contributed by atoms with Crippen LogP contribution in [-0.4, -0.2) is 39.0 Å². The molecular formula is C31H51Cl2FN4O2. The summed E-state index contributed by atoms with van der Waals surface area (Å²) in [5.41, 5.74) is 8.04. The average molecular weight is 602 g/mol. The highest BCUT2D eigenvalue weighted by molar-refractivity contribution is 6.31. The molecule has 0 unspecified atom stereocenters. The Bertz CT molecular complexity index is 949. The van der Waals surface area contributed by atoms with Gasteiger partial charge >= 0.3 is 0 Å². The third kappa shape index (κ3) is 17.5. The van der Waals surface area contributed by atoms with Crippen molar-refractivity contribution in [1.82, 2.24) is 10.6 Å². The van der Waals surface area contributed by atoms with Gasteiger partial charge in [-0.2, -0.15) is 0 Å². The van der Waals surface area contributed by atoms with E-state index >= 15 is 0 Å². The molecule has 5 N–H and O–H groups in total. The van der Waals surface area contributed by atoms with Crippen molar-refractivity contribution in [2.45, 2.75) is 80.1 Å². The molecule has 0 radical (unpaired) electrons. The predicted octanol–water partition coefficient (Wildman–Crippen LogP) is 7.75. The zero-order chi connectivity index (χ0) is 31.1. The van der Waals surface area contributed by atoms with Gasteiger partial charge in [0.2, 0.25) is 12.8 Å². The molecule has 1 heterocycles. The molecule has 9 heteroatoms. The smallest absolute Gasteiger partial charge is 0.211 e. The molecular weight excluding hydrogens is 550 g/mol. The number of nitrogens with two attached hydrogens (primary N) is 1. The van der Waals surface area contributed by atoms with Gasteiger partial charge in [-0.15, -0.1) is 0 Å². The summed E-state index contributed by atoms with van der Waals surface area (Å²) in [6, 6.07) is 10.5. The quantitative estimate of drug-likeness (QED) is 0.175. The second kappa shape index (κ2) is 23.5. The molecule has 0 bridgehead atoms. The molecule has 1 aliphatic heterocycles. The first-order valence-electron chi connectivity index (χ1n) is 14.0. The van der Waals surface area contributed by atoms with Crippen molar-refractivity contribution in [3.8, 4) is 0 Å². The van der Waals surface area contributed by atoms with Crippen LogP contribution in [0.15, 0.2) is 36.4 Å². The zero-order valence-corrected chi connectivity index (χ0v) is 27.1. The summed E-state index contributed by atoms with van der Waals surface area (Å²) in [4.78, 5) is 20.5. The number of halogens is 3. The Balaban J connectivity index is 0. The molecule has 1 fully saturated rings. The molecule has 2 atom stereocenters. The Morgan fingerprint density at radius 3 is 2.10 bits per heavy atom. The monoisotopic (exact) mass is 600 g/mol. The Morgan fingerprint density at radius 2 is 1.57 bits per heavy atom. The predicted molar refractivity (Wildman–Crippen MR) is 171 cm³/mol. The molecule has 1 aliphatic rings. The van der Waals surface area contributed by atoms with Gasteiger partial charge in [0, 0.05) is 42.2 Å². The number of hydrogen-bond donors (Lipinski definition) is 4. The first kappa shape index (κ1) is 40.0. The second-order valence-corrected chi connectivity index (χ2v) is 11.0. The minimum absolute atomic E-state index is 0.0108. The summed E-state index contributed by atoms with van der Waals surface area (Å²) in [7, 11) is 0. The van der Waals surface area contributed by atoms with Crippen molar-refractivity contribution >= 4 is 41.7 Å². The largest absolute Gasteiger partial charge is 0.359 e. The molecule has 2 aromatic carbocycles. The van der Waals surface area contributed by atoms with Crippen LogP contribution in [0.2, 0.25) is 10.0 Å². The lowest BCUT2D eigenvalue weighted by Crippen LogP contribution is -2.13. The van der Waals surface area contributed by atoms with E-state index in [1.165, 1.54) is 12.1 Å². The van der Waals surface area contributed by atoms with Crippen molar-refractivity contribution < 1.29 is 14.0 Å². The minimum Gasteiger partial charge on any atom is -0.359 e. The number of carbonyl (C=O) groups is 2. The van der Waals surface area contributed by atoms with Crippen molar-refractivity contribution in [2.24, 2.45) is 11.1 Å². The topological polar surface area (TPSA) is 96.2 Å². The number of nitrogens with one attached hydrogen (secondary N) is 3. The van der Waals surface area contributed by atoms with E-state index in [0.717, 1.165) is 37.1 Å². The number of benzene rings is 2. The summed E-state index contributed by atoms with van der Waals surface area (Å²) < 4.78 is 14.0. The van der Waals surface area contributed by atoms with Crippen LogP contribution < -0.4 is 21.7 Å². The van der Waals surface area contributed by atoms with Gasteiger partial charge in [-0.05, 0) is 60.2 Å². The molecule has 40 heavy (non-hydrogen) atoms. The molecule has 0 saturated carbocycles. The summed E-state index contributed by atoms with van der Waals surface area (Å²) in [5, 5.41) is 9.15. The summed E-state index contributed by atoms with van der Waals surface area (Å²) in [5.74, 6) is -0.334. The van der Waals surface area contributed by atoms with Gasteiger partial charge in [0.15, 0.2) is 0 Å². The third-order valence-electron chi connectivity index (χ3n) is 5.06. The van der Waals surface area contributed by atoms with Crippen LogP contribution >= 0.6 is 23.2 Å². The minimum atomic E-state index is -0.491. The van der Waals surface area contributed by atoms with E-state index in [4.69, 9.17) is 28.9 Å². The Labute approximate surface area is 252 Å². The molecule has 2 aromatic rings. The number of anilines is 1. The van der Waals surface area contributed by atoms with Crippen molar-refractivity contribution in [2.75, 3.05) is 31.5 Å². The maximum absolute atomic E-state index is 14.0. The normalized spacial score (nSPS) is 15.3. The number of unbranched alkanes of at least 4 members (excludes halogenated alkanes) is 1. The third-order valence-corrected chi connectivity index (χ3v) is 5.58. The van der Waals surface area contributed by atoms with E-state index in [1.807, 2.05) is 52.0 Å². The van der Waals surface area contributed by atoms with Gasteiger partial charge in [-0.1, -0.05) is 90.7 Å². The SMILES string of the molecule is CC.CC.CC(C)(C)C.NCCCCNC=O.O=CNc1cc(Cl)c(F)cc1[C@@H]1CNC[C@@H]1c1cccc(Cl)c1. The molecule has 0 aliphatic carbocycles. The summed E-state index contributed by atoms with van der Waals surface area (Å²) in [6.07, 6.45) is 3.25. The number of carbonyl (C=O) groups excluding carboxylic acids is 2. The maximum atomic E-state index is 14.0. The highest BCUT2D eigenvalue weighted by atomic mass is 35.5. The fourth-order valence-corrected chi connectivity index (χ4v) is 3.94. The van der Waals surface area contributed by atoms with E-state index in [9.17, 15) is 14.0 Å². The zero-order valence-electron chi connectivity index (χ0n) is 25.5. The fraction of sp³-hybridized carbons (Fsp3) is 0.548. The van der Waals surface area contributed by atoms with E-state index < -0.39 is 5.82 Å². The molecule has 228 valence electrons. The molecule has 0 aromatic heterocycles. The molecule has 0 spiro atoms. The van der Waals surface area contributed by atoms with Crippen LogP contribution in [0.1, 0.15) is 91.2 Å². The Kier molecular flexibility index (Phi) is 23.5. The number of hydrogen-bond acceptors (Lipinski definition) is 4. The highest BCUT2D eigenvalue weighted by Gasteiger charge is 2.32. The van der Waals surface area contributed by atoms with E-state index in [2.05, 4.69) is 43.6 Å². The lowest BCUT2D eigenvalue weighted by molar-refractivity contribution is -0.109. The van der Waals surface area contributed by atoms with Crippen molar-refractivity contribution in [1.29, 1.82) is 0 Å². The highest BCUT2D eigenvalue weighted by Crippen LogP contribution is 2.41. The van der Waals surface area contributed by atoms with E-state index in [-0.39, 0.29) is 16.9 Å². The van der Waals surface area contributed by atoms with Gasteiger partial charge in [0.05, 0.1) is 5.02 Å². The maximum Gasteiger partial charge on any atom is 0.211 e. The standard InChI is InChI=1S/C17H15Cl2FN2O.C5H12N2O.C5H12.2C2H6/c18-11-3-1-2-10(4-11)13-7-21-8-14(13)12-5-16(20)15(19)6-17(12)22-9-23;6-3-1-2-4-7-5-8;1-5(2,3)4;2*1-2/h1-6,9,13-14,21H,7-8H2,(H,22,23);5H,1-4,6H2,(H,7,8);1-4H3;2*1-2H3/t13-,14+;;;;/m1..../s1. The fourth-order valence-electron chi connectivity index (χ4n) is 3.58. The first-order valence-corrected chi connectivity index (χ1v) is 14.8. The van der Waals surface area contributed by atoms with E-state index in [1.54, 1.807) is 0 Å². The van der Waals surface area contributed by atoms with Crippen molar-refractivity contribution in [3.05, 3.63) is 63.4 Å². The molecule has 3 rings (SSSR count). The molecule has 2 amide bonds. The lowest BCUT2D eigenvalue weighted by Gasteiger charge is -2.22. The molecule has 1 saturated heterocycles. The summed E-state index contributed by atoms with van der Waals surface area (Å²) in [6.45, 7) is 19.7. The number of amides is 2. The summed E-state index contributed by atoms with van der Waals surface area (Å²) >= 11 is 11.9. The first-order chi connectivity index (χ1) is 19.0.